The van der Waals surface area contributed by atoms with Gasteiger partial charge in [0.25, 0.3) is 0 Å². The number of hydrogen-bond donors (Lipinski definition) is 1. The van der Waals surface area contributed by atoms with E-state index in [0.29, 0.717) is 18.9 Å². The van der Waals surface area contributed by atoms with Crippen LogP contribution in [0.1, 0.15) is 12.0 Å². The molecule has 0 saturated heterocycles. The smallest absolute Gasteiger partial charge is 0.305 e. The molecule has 0 radical (unpaired) electrons. The van der Waals surface area contributed by atoms with Crippen LogP contribution in [0.5, 0.6) is 5.75 Å². The van der Waals surface area contributed by atoms with E-state index in [0.717, 1.165) is 5.56 Å². The zero-order valence-corrected chi connectivity index (χ0v) is 9.82. The lowest BCUT2D eigenvalue weighted by Crippen LogP contribution is -2.04. The van der Waals surface area contributed by atoms with Gasteiger partial charge in [-0.1, -0.05) is 30.3 Å². The van der Waals surface area contributed by atoms with Crippen molar-refractivity contribution in [3.05, 3.63) is 48.3 Å². The SMILES string of the molecule is O=C(O)CCn1cc(OCc2ccccc2)cn1. The molecule has 1 aromatic carbocycles. The van der Waals surface area contributed by atoms with Crippen molar-refractivity contribution in [3.8, 4) is 5.75 Å². The number of carboxylic acid groups (broad SMARTS) is 1. The van der Waals surface area contributed by atoms with E-state index in [2.05, 4.69) is 5.10 Å². The molecule has 0 spiro atoms. The molecule has 0 atom stereocenters. The first-order chi connectivity index (χ1) is 8.74. The highest BCUT2D eigenvalue weighted by Gasteiger charge is 2.02. The van der Waals surface area contributed by atoms with E-state index in [-0.39, 0.29) is 6.42 Å². The maximum Gasteiger partial charge on any atom is 0.305 e. The van der Waals surface area contributed by atoms with Crippen LogP contribution in [0.4, 0.5) is 0 Å². The van der Waals surface area contributed by atoms with E-state index in [9.17, 15) is 4.79 Å². The van der Waals surface area contributed by atoms with Crippen LogP contribution < -0.4 is 4.74 Å². The number of nitrogens with zero attached hydrogens (tertiary/aromatic N) is 2. The normalized spacial score (nSPS) is 10.2. The minimum Gasteiger partial charge on any atom is -0.486 e. The van der Waals surface area contributed by atoms with Crippen molar-refractivity contribution in [2.75, 3.05) is 0 Å². The largest absolute Gasteiger partial charge is 0.486 e. The first kappa shape index (κ1) is 12.2. The first-order valence-corrected chi connectivity index (χ1v) is 5.65. The van der Waals surface area contributed by atoms with Crippen molar-refractivity contribution in [1.29, 1.82) is 0 Å². The van der Waals surface area contributed by atoms with Gasteiger partial charge >= 0.3 is 5.97 Å². The summed E-state index contributed by atoms with van der Waals surface area (Å²) in [4.78, 5) is 10.4. The average molecular weight is 246 g/mol. The van der Waals surface area contributed by atoms with Gasteiger partial charge in [0.05, 0.1) is 25.4 Å². The molecule has 1 aromatic heterocycles. The minimum atomic E-state index is -0.836. The summed E-state index contributed by atoms with van der Waals surface area (Å²) < 4.78 is 7.11. The highest BCUT2D eigenvalue weighted by molar-refractivity contribution is 5.66. The van der Waals surface area contributed by atoms with Crippen molar-refractivity contribution >= 4 is 5.97 Å². The van der Waals surface area contributed by atoms with Crippen molar-refractivity contribution in [2.45, 2.75) is 19.6 Å². The summed E-state index contributed by atoms with van der Waals surface area (Å²) in [5.74, 6) is -0.193. The summed E-state index contributed by atoms with van der Waals surface area (Å²) >= 11 is 0. The maximum absolute atomic E-state index is 10.4. The Morgan fingerprint density at radius 3 is 2.83 bits per heavy atom. The molecule has 5 heteroatoms. The Hall–Kier alpha value is -2.30. The number of aliphatic carboxylic acids is 1. The lowest BCUT2D eigenvalue weighted by atomic mass is 10.2. The second-order valence-corrected chi connectivity index (χ2v) is 3.86. The Balaban J connectivity index is 1.85. The summed E-state index contributed by atoms with van der Waals surface area (Å²) in [5.41, 5.74) is 1.08. The molecule has 1 N–H and O–H groups in total. The lowest BCUT2D eigenvalue weighted by Gasteiger charge is -2.02. The highest BCUT2D eigenvalue weighted by Crippen LogP contribution is 2.11. The summed E-state index contributed by atoms with van der Waals surface area (Å²) in [6.45, 7) is 0.829. The van der Waals surface area contributed by atoms with Crippen LogP contribution in [0.3, 0.4) is 0 Å². The third kappa shape index (κ3) is 3.62. The molecule has 0 fully saturated rings. The summed E-state index contributed by atoms with van der Waals surface area (Å²) in [6.07, 6.45) is 3.34. The van der Waals surface area contributed by atoms with E-state index in [1.54, 1.807) is 17.1 Å². The van der Waals surface area contributed by atoms with Crippen LogP contribution in [0, 0.1) is 0 Å². The molecule has 18 heavy (non-hydrogen) atoms. The van der Waals surface area contributed by atoms with Crippen molar-refractivity contribution in [3.63, 3.8) is 0 Å². The van der Waals surface area contributed by atoms with E-state index < -0.39 is 5.97 Å². The molecule has 1 heterocycles. The number of rotatable bonds is 6. The van der Waals surface area contributed by atoms with Crippen LogP contribution >= 0.6 is 0 Å². The molecule has 0 saturated carbocycles. The fraction of sp³-hybridized carbons (Fsp3) is 0.231. The van der Waals surface area contributed by atoms with Crippen LogP contribution in [-0.4, -0.2) is 20.9 Å². The zero-order valence-electron chi connectivity index (χ0n) is 9.82. The topological polar surface area (TPSA) is 64.3 Å². The second-order valence-electron chi connectivity index (χ2n) is 3.86. The molecule has 2 rings (SSSR count). The highest BCUT2D eigenvalue weighted by atomic mass is 16.5. The quantitative estimate of drug-likeness (QED) is 0.846. The number of ether oxygens (including phenoxy) is 1. The number of aryl methyl sites for hydroxylation is 1. The van der Waals surface area contributed by atoms with Crippen molar-refractivity contribution < 1.29 is 14.6 Å². The summed E-state index contributed by atoms with van der Waals surface area (Å²) in [5, 5.41) is 12.6. The lowest BCUT2D eigenvalue weighted by molar-refractivity contribution is -0.137. The third-order valence-corrected chi connectivity index (χ3v) is 2.41. The predicted molar refractivity (Wildman–Crippen MR) is 65.3 cm³/mol. The Morgan fingerprint density at radius 1 is 1.33 bits per heavy atom. The summed E-state index contributed by atoms with van der Waals surface area (Å²) in [7, 11) is 0. The molecule has 0 amide bonds. The van der Waals surface area contributed by atoms with E-state index >= 15 is 0 Å². The molecule has 0 aliphatic rings. The fourth-order valence-electron chi connectivity index (χ4n) is 1.49. The van der Waals surface area contributed by atoms with E-state index in [4.69, 9.17) is 9.84 Å². The first-order valence-electron chi connectivity index (χ1n) is 5.65. The molecule has 2 aromatic rings. The Morgan fingerprint density at radius 2 is 2.11 bits per heavy atom. The van der Waals surface area contributed by atoms with E-state index in [1.807, 2.05) is 30.3 Å². The van der Waals surface area contributed by atoms with Gasteiger partial charge in [-0.3, -0.25) is 9.48 Å². The van der Waals surface area contributed by atoms with Gasteiger partial charge < -0.3 is 9.84 Å². The molecule has 0 aliphatic heterocycles. The number of carboxylic acids is 1. The van der Waals surface area contributed by atoms with Gasteiger partial charge in [-0.05, 0) is 5.56 Å². The van der Waals surface area contributed by atoms with E-state index in [1.165, 1.54) is 0 Å². The number of aromatic nitrogens is 2. The molecule has 0 unspecified atom stereocenters. The van der Waals surface area contributed by atoms with Gasteiger partial charge in [-0.2, -0.15) is 5.10 Å². The zero-order chi connectivity index (χ0) is 12.8. The van der Waals surface area contributed by atoms with Gasteiger partial charge in [-0.15, -0.1) is 0 Å². The average Bonchev–Trinajstić information content (AvgIpc) is 2.83. The van der Waals surface area contributed by atoms with Gasteiger partial charge in [0.2, 0.25) is 0 Å². The van der Waals surface area contributed by atoms with Gasteiger partial charge in [0, 0.05) is 0 Å². The Labute approximate surface area is 105 Å². The number of benzene rings is 1. The van der Waals surface area contributed by atoms with Crippen LogP contribution in [-0.2, 0) is 17.9 Å². The van der Waals surface area contributed by atoms with Crippen molar-refractivity contribution in [1.82, 2.24) is 9.78 Å². The van der Waals surface area contributed by atoms with Gasteiger partial charge in [0.15, 0.2) is 5.75 Å². The van der Waals surface area contributed by atoms with Gasteiger partial charge in [-0.25, -0.2) is 0 Å². The molecule has 94 valence electrons. The molecular weight excluding hydrogens is 232 g/mol. The minimum absolute atomic E-state index is 0.0554. The van der Waals surface area contributed by atoms with Crippen LogP contribution in [0.15, 0.2) is 42.7 Å². The number of carbonyl (C=O) groups is 1. The monoisotopic (exact) mass is 246 g/mol. The van der Waals surface area contributed by atoms with Crippen LogP contribution in [0.25, 0.3) is 0 Å². The molecule has 0 bridgehead atoms. The number of hydrogen-bond acceptors (Lipinski definition) is 3. The van der Waals surface area contributed by atoms with Crippen molar-refractivity contribution in [2.24, 2.45) is 0 Å². The summed E-state index contributed by atoms with van der Waals surface area (Å²) in [6, 6.07) is 9.82. The third-order valence-electron chi connectivity index (χ3n) is 2.41. The van der Waals surface area contributed by atoms with Crippen LogP contribution in [0.2, 0.25) is 0 Å². The Kier molecular flexibility index (Phi) is 3.96. The fourth-order valence-corrected chi connectivity index (χ4v) is 1.49. The maximum atomic E-state index is 10.4. The molecule has 0 aliphatic carbocycles. The van der Waals surface area contributed by atoms with Gasteiger partial charge in [0.1, 0.15) is 6.61 Å². The second kappa shape index (κ2) is 5.86. The standard InChI is InChI=1S/C13H14N2O3/c16-13(17)6-7-15-9-12(8-14-15)18-10-11-4-2-1-3-5-11/h1-5,8-9H,6-7,10H2,(H,16,17). The molecular formula is C13H14N2O3. The molecule has 5 nitrogen and oxygen atoms in total. The predicted octanol–water partition coefficient (Wildman–Crippen LogP) is 1.94. The Bertz CT molecular complexity index is 508.